The minimum atomic E-state index is 0. The van der Waals surface area contributed by atoms with Gasteiger partial charge in [-0.05, 0) is 0 Å². The van der Waals surface area contributed by atoms with Gasteiger partial charge in [0.2, 0.25) is 0 Å². The van der Waals surface area contributed by atoms with Gasteiger partial charge in [0.15, 0.2) is 0 Å². The van der Waals surface area contributed by atoms with E-state index in [0.717, 1.165) is 26.4 Å². The van der Waals surface area contributed by atoms with Gasteiger partial charge in [-0.2, -0.15) is 55.4 Å². The molecule has 0 heterocycles. The fourth-order valence-electron chi connectivity index (χ4n) is 1.15. The van der Waals surface area contributed by atoms with E-state index in [9.17, 15) is 0 Å². The smallest absolute Gasteiger partial charge is 0.416 e. The van der Waals surface area contributed by atoms with Crippen LogP contribution in [0.1, 0.15) is 55.4 Å². The van der Waals surface area contributed by atoms with Crippen molar-refractivity contribution in [3.8, 4) is 0 Å². The van der Waals surface area contributed by atoms with Crippen LogP contribution in [0.5, 0.6) is 0 Å². The molecule has 0 aliphatic rings. The molecule has 0 unspecified atom stereocenters. The van der Waals surface area contributed by atoms with Crippen LogP contribution in [0.2, 0.25) is 0 Å². The monoisotopic (exact) mass is 528 g/mol. The Morgan fingerprint density at radius 3 is 0.520 bits per heavy atom. The molecule has 0 radical (unpaired) electrons. The van der Waals surface area contributed by atoms with Gasteiger partial charge in [-0.1, -0.05) is 26.4 Å². The minimum Gasteiger partial charge on any atom is -0.416 e. The maximum absolute atomic E-state index is 4.77. The standard InChI is InChI=1S/4C5H11O.Hf/c4*1-5(2)4-6-3;/h4*4H2,1-3H3;/q4*-1;+4. The van der Waals surface area contributed by atoms with E-state index in [2.05, 4.69) is 0 Å². The third-order valence-corrected chi connectivity index (χ3v) is 1.73. The van der Waals surface area contributed by atoms with E-state index in [1.54, 1.807) is 28.4 Å². The molecule has 0 aliphatic heterocycles. The normalized spacial score (nSPS) is 9.60. The van der Waals surface area contributed by atoms with Crippen molar-refractivity contribution in [2.24, 2.45) is 0 Å². The Bertz CT molecular complexity index is 147. The molecule has 0 aliphatic carbocycles. The van der Waals surface area contributed by atoms with Crippen LogP contribution >= 0.6 is 0 Å². The van der Waals surface area contributed by atoms with Crippen molar-refractivity contribution < 1.29 is 44.8 Å². The molecule has 152 valence electrons. The summed E-state index contributed by atoms with van der Waals surface area (Å²) in [7, 11) is 6.81. The van der Waals surface area contributed by atoms with Gasteiger partial charge < -0.3 is 18.9 Å². The van der Waals surface area contributed by atoms with Gasteiger partial charge in [0, 0.05) is 28.4 Å². The molecule has 4 nitrogen and oxygen atoms in total. The van der Waals surface area contributed by atoms with Gasteiger partial charge >= 0.3 is 25.8 Å². The maximum atomic E-state index is 4.77. The van der Waals surface area contributed by atoms with Crippen LogP contribution in [0.15, 0.2) is 0 Å². The van der Waals surface area contributed by atoms with Gasteiger partial charge in [0.05, 0.1) is 0 Å². The average Bonchev–Trinajstić information content (AvgIpc) is 2.39. The summed E-state index contributed by atoms with van der Waals surface area (Å²) in [6.07, 6.45) is 0. The van der Waals surface area contributed by atoms with Gasteiger partial charge in [0.1, 0.15) is 0 Å². The molecular formula is C20H44HfO4. The first-order valence-electron chi connectivity index (χ1n) is 8.20. The van der Waals surface area contributed by atoms with Gasteiger partial charge in [-0.25, -0.2) is 0 Å². The third kappa shape index (κ3) is 78.9. The zero-order valence-corrected chi connectivity index (χ0v) is 22.6. The molecule has 25 heavy (non-hydrogen) atoms. The van der Waals surface area contributed by atoms with E-state index >= 15 is 0 Å². The van der Waals surface area contributed by atoms with Crippen LogP contribution < -0.4 is 0 Å². The molecule has 0 N–H and O–H groups in total. The SMILES string of the molecule is COC[C-](C)C.COC[C-](C)C.COC[C-](C)C.COC[C-](C)C.[Hf+4]. The topological polar surface area (TPSA) is 36.9 Å². The van der Waals surface area contributed by atoms with Crippen molar-refractivity contribution in [2.75, 3.05) is 54.9 Å². The molecule has 5 heteroatoms. The van der Waals surface area contributed by atoms with E-state index < -0.39 is 0 Å². The van der Waals surface area contributed by atoms with Crippen LogP contribution in [-0.4, -0.2) is 54.9 Å². The minimum absolute atomic E-state index is 0. The Kier molecular flexibility index (Phi) is 47.4. The van der Waals surface area contributed by atoms with Crippen LogP contribution in [0, 0.1) is 23.7 Å². The predicted octanol–water partition coefficient (Wildman–Crippen LogP) is 4.99. The molecule has 0 atom stereocenters. The molecule has 0 spiro atoms. The summed E-state index contributed by atoms with van der Waals surface area (Å²) in [5, 5.41) is 0. The van der Waals surface area contributed by atoms with Crippen molar-refractivity contribution in [2.45, 2.75) is 55.4 Å². The molecule has 0 saturated carbocycles. The fraction of sp³-hybridized carbons (Fsp3) is 0.800. The summed E-state index contributed by atoms with van der Waals surface area (Å²) in [5.41, 5.74) is 0. The molecule has 0 aromatic heterocycles. The second kappa shape index (κ2) is 32.4. The average molecular weight is 527 g/mol. The molecule has 0 amide bonds. The maximum Gasteiger partial charge on any atom is 4.00 e. The number of methoxy groups -OCH3 is 4. The molecule has 0 saturated heterocycles. The van der Waals surface area contributed by atoms with Crippen molar-refractivity contribution in [3.63, 3.8) is 0 Å². The Hall–Kier alpha value is 0.710. The number of ether oxygens (including phenoxy) is 4. The van der Waals surface area contributed by atoms with Gasteiger partial charge in [0.25, 0.3) is 0 Å². The first-order valence-corrected chi connectivity index (χ1v) is 8.20. The van der Waals surface area contributed by atoms with Crippen molar-refractivity contribution >= 4 is 0 Å². The predicted molar refractivity (Wildman–Crippen MR) is 106 cm³/mol. The van der Waals surface area contributed by atoms with Crippen LogP contribution in [0.25, 0.3) is 0 Å². The van der Waals surface area contributed by atoms with Crippen LogP contribution in [0.3, 0.4) is 0 Å². The van der Waals surface area contributed by atoms with E-state index in [0.29, 0.717) is 0 Å². The summed E-state index contributed by atoms with van der Waals surface area (Å²) < 4.78 is 19.1. The molecular weight excluding hydrogens is 483 g/mol. The van der Waals surface area contributed by atoms with Crippen molar-refractivity contribution in [3.05, 3.63) is 23.7 Å². The summed E-state index contributed by atoms with van der Waals surface area (Å²) in [5.74, 6) is 5.27. The molecule has 0 bridgehead atoms. The number of hydrogen-bond acceptors (Lipinski definition) is 4. The zero-order chi connectivity index (χ0) is 20.0. The van der Waals surface area contributed by atoms with Crippen molar-refractivity contribution in [1.29, 1.82) is 0 Å². The van der Waals surface area contributed by atoms with Crippen LogP contribution in [0.4, 0.5) is 0 Å². The molecule has 0 aromatic rings. The first kappa shape index (κ1) is 36.6. The van der Waals surface area contributed by atoms with Gasteiger partial charge in [-0.3, -0.25) is 23.7 Å². The molecule has 0 fully saturated rings. The first-order chi connectivity index (χ1) is 11.1. The Morgan fingerprint density at radius 1 is 0.400 bits per heavy atom. The third-order valence-electron chi connectivity index (χ3n) is 1.73. The Morgan fingerprint density at radius 2 is 0.520 bits per heavy atom. The number of rotatable bonds is 8. The van der Waals surface area contributed by atoms with Crippen LogP contribution in [-0.2, 0) is 44.8 Å². The largest absolute Gasteiger partial charge is 4.00 e. The van der Waals surface area contributed by atoms with E-state index in [1.165, 1.54) is 23.7 Å². The molecule has 0 rings (SSSR count). The summed E-state index contributed by atoms with van der Waals surface area (Å²) in [6, 6.07) is 0. The fourth-order valence-corrected chi connectivity index (χ4v) is 1.15. The van der Waals surface area contributed by atoms with E-state index in [-0.39, 0.29) is 25.8 Å². The van der Waals surface area contributed by atoms with E-state index in [4.69, 9.17) is 18.9 Å². The second-order valence-corrected chi connectivity index (χ2v) is 6.56. The van der Waals surface area contributed by atoms with Crippen molar-refractivity contribution in [1.82, 2.24) is 0 Å². The Balaban J connectivity index is -0.0000000702. The zero-order valence-electron chi connectivity index (χ0n) is 19.0. The molecule has 0 aromatic carbocycles. The quantitative estimate of drug-likeness (QED) is 0.330. The summed E-state index contributed by atoms with van der Waals surface area (Å²) >= 11 is 0. The summed E-state index contributed by atoms with van der Waals surface area (Å²) in [6.45, 7) is 19.5. The summed E-state index contributed by atoms with van der Waals surface area (Å²) in [4.78, 5) is 0. The second-order valence-electron chi connectivity index (χ2n) is 6.56. The van der Waals surface area contributed by atoms with Gasteiger partial charge in [-0.15, -0.1) is 0 Å². The Labute approximate surface area is 178 Å². The van der Waals surface area contributed by atoms with E-state index in [1.807, 2.05) is 55.4 Å². The number of hydrogen-bond donors (Lipinski definition) is 0.